The third-order valence-electron chi connectivity index (χ3n) is 4.73. The van der Waals surface area contributed by atoms with Crippen molar-refractivity contribution < 1.29 is 14.3 Å². The molecule has 9 heteroatoms. The number of Topliss-reactive ketones (excluding diaryl/α,β-unsaturated/α-hetero) is 1. The van der Waals surface area contributed by atoms with Gasteiger partial charge in [-0.2, -0.15) is 0 Å². The molecule has 7 nitrogen and oxygen atoms in total. The van der Waals surface area contributed by atoms with E-state index in [0.29, 0.717) is 33.0 Å². The molecule has 0 unspecified atom stereocenters. The first-order valence-electron chi connectivity index (χ1n) is 10.1. The SMILES string of the molecule is CC(C)C(=O)Nc1ccc(C(=O)[C@@H](C)Sc2nnc(COc3ccccc3Cl)n2C)cc1. The quantitative estimate of drug-likeness (QED) is 0.348. The summed E-state index contributed by atoms with van der Waals surface area (Å²) in [6, 6.07) is 14.1. The number of thioether (sulfide) groups is 1. The minimum atomic E-state index is -0.369. The maximum atomic E-state index is 12.9. The first-order valence-corrected chi connectivity index (χ1v) is 11.4. The molecule has 0 aliphatic rings. The zero-order chi connectivity index (χ0) is 23.3. The van der Waals surface area contributed by atoms with E-state index in [2.05, 4.69) is 15.5 Å². The summed E-state index contributed by atoms with van der Waals surface area (Å²) in [5.41, 5.74) is 1.23. The molecule has 0 aliphatic carbocycles. The van der Waals surface area contributed by atoms with Gasteiger partial charge in [-0.25, -0.2) is 0 Å². The molecule has 1 aromatic heterocycles. The van der Waals surface area contributed by atoms with Crippen LogP contribution in [0.4, 0.5) is 5.69 Å². The van der Waals surface area contributed by atoms with Crippen molar-refractivity contribution >= 4 is 40.7 Å². The molecule has 0 fully saturated rings. The Morgan fingerprint density at radius 2 is 1.78 bits per heavy atom. The van der Waals surface area contributed by atoms with Crippen LogP contribution in [0.2, 0.25) is 5.02 Å². The number of nitrogens with one attached hydrogen (secondary N) is 1. The molecule has 0 spiro atoms. The number of hydrogen-bond donors (Lipinski definition) is 1. The van der Waals surface area contributed by atoms with Gasteiger partial charge in [0.2, 0.25) is 5.91 Å². The molecule has 0 saturated heterocycles. The minimum absolute atomic E-state index is 0.0337. The molecular formula is C23H25ClN4O3S. The standard InChI is InChI=1S/C23H25ClN4O3S/c1-14(2)22(30)25-17-11-9-16(10-12-17)21(29)15(3)32-23-27-26-20(28(23)4)13-31-19-8-6-5-7-18(19)24/h5-12,14-15H,13H2,1-4H3,(H,25,30)/t15-/m1/s1. The molecule has 0 aliphatic heterocycles. The van der Waals surface area contributed by atoms with E-state index in [9.17, 15) is 9.59 Å². The number of amides is 1. The first kappa shape index (κ1) is 23.8. The normalized spacial score (nSPS) is 11.9. The molecule has 1 atom stereocenters. The summed E-state index contributed by atoms with van der Waals surface area (Å²) in [5.74, 6) is 0.984. The third kappa shape index (κ3) is 5.89. The van der Waals surface area contributed by atoms with E-state index in [1.165, 1.54) is 11.8 Å². The van der Waals surface area contributed by atoms with Crippen LogP contribution < -0.4 is 10.1 Å². The van der Waals surface area contributed by atoms with Crippen molar-refractivity contribution in [1.82, 2.24) is 14.8 Å². The summed E-state index contributed by atoms with van der Waals surface area (Å²) < 4.78 is 7.53. The number of rotatable bonds is 9. The predicted octanol–water partition coefficient (Wildman–Crippen LogP) is 5.01. The van der Waals surface area contributed by atoms with Gasteiger partial charge in [-0.3, -0.25) is 9.59 Å². The smallest absolute Gasteiger partial charge is 0.226 e. The van der Waals surface area contributed by atoms with Crippen molar-refractivity contribution in [3.8, 4) is 5.75 Å². The fourth-order valence-corrected chi connectivity index (χ4v) is 3.83. The largest absolute Gasteiger partial charge is 0.484 e. The Labute approximate surface area is 196 Å². The minimum Gasteiger partial charge on any atom is -0.484 e. The van der Waals surface area contributed by atoms with E-state index < -0.39 is 0 Å². The molecule has 168 valence electrons. The molecular weight excluding hydrogens is 448 g/mol. The molecule has 3 aromatic rings. The number of carbonyl (C=O) groups excluding carboxylic acids is 2. The number of halogens is 1. The second-order valence-electron chi connectivity index (χ2n) is 7.52. The van der Waals surface area contributed by atoms with Crippen molar-refractivity contribution in [3.05, 3.63) is 64.9 Å². The lowest BCUT2D eigenvalue weighted by Crippen LogP contribution is -2.18. The zero-order valence-corrected chi connectivity index (χ0v) is 19.9. The molecule has 0 saturated carbocycles. The lowest BCUT2D eigenvalue weighted by Gasteiger charge is -2.12. The summed E-state index contributed by atoms with van der Waals surface area (Å²) in [5, 5.41) is 12.0. The number of hydrogen-bond acceptors (Lipinski definition) is 6. The third-order valence-corrected chi connectivity index (χ3v) is 6.18. The number of nitrogens with zero attached hydrogens (tertiary/aromatic N) is 3. The van der Waals surface area contributed by atoms with Gasteiger partial charge in [0.25, 0.3) is 0 Å². The molecule has 1 N–H and O–H groups in total. The van der Waals surface area contributed by atoms with Gasteiger partial charge in [0.15, 0.2) is 16.8 Å². The van der Waals surface area contributed by atoms with Gasteiger partial charge in [0.05, 0.1) is 10.3 Å². The Morgan fingerprint density at radius 1 is 1.09 bits per heavy atom. The van der Waals surface area contributed by atoms with Crippen LogP contribution in [0.1, 0.15) is 37.0 Å². The van der Waals surface area contributed by atoms with Crippen molar-refractivity contribution in [1.29, 1.82) is 0 Å². The molecule has 1 heterocycles. The Hall–Kier alpha value is -2.84. The van der Waals surface area contributed by atoms with Crippen LogP contribution in [0, 0.1) is 5.92 Å². The van der Waals surface area contributed by atoms with Gasteiger partial charge in [0.1, 0.15) is 12.4 Å². The second kappa shape index (κ2) is 10.7. The first-order chi connectivity index (χ1) is 15.3. The lowest BCUT2D eigenvalue weighted by atomic mass is 10.1. The highest BCUT2D eigenvalue weighted by Gasteiger charge is 2.20. The fourth-order valence-electron chi connectivity index (χ4n) is 2.73. The number of carbonyl (C=O) groups is 2. The Balaban J connectivity index is 1.60. The van der Waals surface area contributed by atoms with Crippen LogP contribution in [0.15, 0.2) is 53.7 Å². The van der Waals surface area contributed by atoms with Crippen LogP contribution in [-0.4, -0.2) is 31.7 Å². The van der Waals surface area contributed by atoms with Gasteiger partial charge in [-0.05, 0) is 43.3 Å². The Morgan fingerprint density at radius 3 is 2.44 bits per heavy atom. The summed E-state index contributed by atoms with van der Waals surface area (Å²) in [4.78, 5) is 24.7. The molecule has 32 heavy (non-hydrogen) atoms. The summed E-state index contributed by atoms with van der Waals surface area (Å²) in [6.45, 7) is 5.69. The van der Waals surface area contributed by atoms with Crippen molar-refractivity contribution in [2.24, 2.45) is 13.0 Å². The van der Waals surface area contributed by atoms with Gasteiger partial charge >= 0.3 is 0 Å². The van der Waals surface area contributed by atoms with Crippen LogP contribution in [0.3, 0.4) is 0 Å². The highest BCUT2D eigenvalue weighted by molar-refractivity contribution is 8.00. The van der Waals surface area contributed by atoms with Crippen LogP contribution in [-0.2, 0) is 18.4 Å². The van der Waals surface area contributed by atoms with E-state index in [0.717, 1.165) is 0 Å². The molecule has 1 amide bonds. The van der Waals surface area contributed by atoms with E-state index >= 15 is 0 Å². The average Bonchev–Trinajstić information content (AvgIpc) is 3.12. The fraction of sp³-hybridized carbons (Fsp3) is 0.304. The molecule has 2 aromatic carbocycles. The van der Waals surface area contributed by atoms with Crippen molar-refractivity contribution in [3.63, 3.8) is 0 Å². The number of ketones is 1. The predicted molar refractivity (Wildman–Crippen MR) is 126 cm³/mol. The highest BCUT2D eigenvalue weighted by Crippen LogP contribution is 2.27. The van der Waals surface area contributed by atoms with Crippen LogP contribution >= 0.6 is 23.4 Å². The molecule has 0 radical (unpaired) electrons. The number of aromatic nitrogens is 3. The van der Waals surface area contributed by atoms with Gasteiger partial charge in [0, 0.05) is 24.2 Å². The number of ether oxygens (including phenoxy) is 1. The Bertz CT molecular complexity index is 1100. The molecule has 3 rings (SSSR count). The van der Waals surface area contributed by atoms with Crippen LogP contribution in [0.5, 0.6) is 5.75 Å². The monoisotopic (exact) mass is 472 g/mol. The Kier molecular flexibility index (Phi) is 7.93. The van der Waals surface area contributed by atoms with Gasteiger partial charge in [-0.1, -0.05) is 49.3 Å². The second-order valence-corrected chi connectivity index (χ2v) is 9.24. The van der Waals surface area contributed by atoms with E-state index in [1.807, 2.05) is 40.0 Å². The maximum absolute atomic E-state index is 12.9. The summed E-state index contributed by atoms with van der Waals surface area (Å²) in [6.07, 6.45) is 0. The average molecular weight is 473 g/mol. The molecule has 0 bridgehead atoms. The maximum Gasteiger partial charge on any atom is 0.226 e. The number of para-hydroxylation sites is 1. The van der Waals surface area contributed by atoms with E-state index in [4.69, 9.17) is 16.3 Å². The van der Waals surface area contributed by atoms with Crippen molar-refractivity contribution in [2.45, 2.75) is 37.8 Å². The summed E-state index contributed by atoms with van der Waals surface area (Å²) in [7, 11) is 1.83. The van der Waals surface area contributed by atoms with Gasteiger partial charge < -0.3 is 14.6 Å². The zero-order valence-electron chi connectivity index (χ0n) is 18.3. The highest BCUT2D eigenvalue weighted by atomic mass is 35.5. The summed E-state index contributed by atoms with van der Waals surface area (Å²) >= 11 is 7.44. The van der Waals surface area contributed by atoms with E-state index in [-0.39, 0.29) is 29.5 Å². The lowest BCUT2D eigenvalue weighted by molar-refractivity contribution is -0.118. The van der Waals surface area contributed by atoms with Crippen molar-refractivity contribution in [2.75, 3.05) is 5.32 Å². The number of benzene rings is 2. The topological polar surface area (TPSA) is 86.1 Å². The van der Waals surface area contributed by atoms with Crippen LogP contribution in [0.25, 0.3) is 0 Å². The number of anilines is 1. The van der Waals surface area contributed by atoms with Gasteiger partial charge in [-0.15, -0.1) is 10.2 Å². The van der Waals surface area contributed by atoms with E-state index in [1.54, 1.807) is 41.0 Å².